The van der Waals surface area contributed by atoms with Crippen LogP contribution in [0.1, 0.15) is 12.8 Å². The van der Waals surface area contributed by atoms with E-state index in [-0.39, 0.29) is 24.5 Å². The lowest BCUT2D eigenvalue weighted by Gasteiger charge is -2.22. The average Bonchev–Trinajstić information content (AvgIpc) is 2.58. The van der Waals surface area contributed by atoms with E-state index in [1.807, 2.05) is 24.3 Å². The molecule has 116 valence electrons. The Kier molecular flexibility index (Phi) is 4.52. The molecule has 0 atom stereocenters. The van der Waals surface area contributed by atoms with Gasteiger partial charge in [0.1, 0.15) is 11.5 Å². The maximum Gasteiger partial charge on any atom is 0.359 e. The highest BCUT2D eigenvalue weighted by atomic mass is 79.9. The molecule has 0 unspecified atom stereocenters. The van der Waals surface area contributed by atoms with Crippen molar-refractivity contribution in [3.8, 4) is 5.75 Å². The molecule has 0 spiro atoms. The number of halogens is 1. The molecule has 0 fully saturated rings. The van der Waals surface area contributed by atoms with E-state index in [9.17, 15) is 9.59 Å². The Hall–Kier alpha value is -2.47. The fourth-order valence-corrected chi connectivity index (χ4v) is 2.52. The van der Waals surface area contributed by atoms with E-state index in [1.54, 1.807) is 30.3 Å². The summed E-state index contributed by atoms with van der Waals surface area (Å²) in [5, 5.41) is 5.42. The second-order valence-corrected chi connectivity index (χ2v) is 5.76. The van der Waals surface area contributed by atoms with Crippen LogP contribution < -0.4 is 9.75 Å². The van der Waals surface area contributed by atoms with Crippen LogP contribution >= 0.6 is 15.9 Å². The molecule has 2 aromatic carbocycles. The number of rotatable bonds is 3. The van der Waals surface area contributed by atoms with Crippen LogP contribution in [0, 0.1) is 0 Å². The van der Waals surface area contributed by atoms with Crippen LogP contribution in [-0.2, 0) is 9.59 Å². The summed E-state index contributed by atoms with van der Waals surface area (Å²) in [7, 11) is 0. The number of hydrogen-bond acceptors (Lipinski definition) is 4. The summed E-state index contributed by atoms with van der Waals surface area (Å²) >= 11 is 3.33. The normalized spacial score (nSPS) is 14.4. The number of amides is 1. The molecule has 5 nitrogen and oxygen atoms in total. The van der Waals surface area contributed by atoms with Crippen molar-refractivity contribution < 1.29 is 14.3 Å². The van der Waals surface area contributed by atoms with Gasteiger partial charge in [0.25, 0.3) is 0 Å². The van der Waals surface area contributed by atoms with Gasteiger partial charge in [-0.25, -0.2) is 9.80 Å². The molecule has 0 radical (unpaired) electrons. The molecule has 2 aromatic rings. The standard InChI is InChI=1S/C17H13BrN2O3/c18-13-8-4-5-9-15(13)23-17(22)14-10-11-16(21)20(19-14)12-6-2-1-3-7-12/h1-9H,10-11H2. The van der Waals surface area contributed by atoms with Crippen molar-refractivity contribution in [3.63, 3.8) is 0 Å². The first-order valence-corrected chi connectivity index (χ1v) is 7.86. The molecule has 0 saturated heterocycles. The van der Waals surface area contributed by atoms with Crippen LogP contribution in [0.2, 0.25) is 0 Å². The maximum atomic E-state index is 12.3. The second-order valence-electron chi connectivity index (χ2n) is 4.91. The number of nitrogens with zero attached hydrogens (tertiary/aromatic N) is 2. The molecule has 0 aliphatic carbocycles. The predicted molar refractivity (Wildman–Crippen MR) is 90.4 cm³/mol. The quantitative estimate of drug-likeness (QED) is 0.611. The maximum absolute atomic E-state index is 12.3. The Labute approximate surface area is 141 Å². The van der Waals surface area contributed by atoms with Gasteiger partial charge >= 0.3 is 5.97 Å². The highest BCUT2D eigenvalue weighted by molar-refractivity contribution is 9.10. The first kappa shape index (κ1) is 15.4. The SMILES string of the molecule is O=C(Oc1ccccc1Br)C1=NN(c2ccccc2)C(=O)CC1. The molecule has 0 aromatic heterocycles. The third-order valence-electron chi connectivity index (χ3n) is 3.31. The van der Waals surface area contributed by atoms with Crippen molar-refractivity contribution in [1.29, 1.82) is 0 Å². The summed E-state index contributed by atoms with van der Waals surface area (Å²) < 4.78 is 6.03. The Balaban J connectivity index is 1.83. The summed E-state index contributed by atoms with van der Waals surface area (Å²) in [6.45, 7) is 0. The van der Waals surface area contributed by atoms with Crippen molar-refractivity contribution in [2.45, 2.75) is 12.8 Å². The van der Waals surface area contributed by atoms with Crippen molar-refractivity contribution >= 4 is 39.2 Å². The molecule has 1 amide bonds. The number of para-hydroxylation sites is 2. The smallest absolute Gasteiger partial charge is 0.359 e. The van der Waals surface area contributed by atoms with E-state index in [0.29, 0.717) is 15.9 Å². The fourth-order valence-electron chi connectivity index (χ4n) is 2.16. The zero-order valence-corrected chi connectivity index (χ0v) is 13.7. The largest absolute Gasteiger partial charge is 0.421 e. The Morgan fingerprint density at radius 1 is 1.04 bits per heavy atom. The fraction of sp³-hybridized carbons (Fsp3) is 0.118. The van der Waals surface area contributed by atoms with Gasteiger partial charge in [-0.15, -0.1) is 0 Å². The van der Waals surface area contributed by atoms with E-state index in [4.69, 9.17) is 4.74 Å². The lowest BCUT2D eigenvalue weighted by molar-refractivity contribution is -0.127. The first-order valence-electron chi connectivity index (χ1n) is 7.07. The first-order chi connectivity index (χ1) is 11.1. The number of esters is 1. The van der Waals surface area contributed by atoms with Gasteiger partial charge in [0.2, 0.25) is 5.91 Å². The van der Waals surface area contributed by atoms with E-state index in [0.717, 1.165) is 0 Å². The lowest BCUT2D eigenvalue weighted by Crippen LogP contribution is -2.35. The zero-order chi connectivity index (χ0) is 16.2. The minimum atomic E-state index is -0.551. The molecule has 0 saturated carbocycles. The van der Waals surface area contributed by atoms with Crippen molar-refractivity contribution in [2.24, 2.45) is 5.10 Å². The molecule has 1 aliphatic heterocycles. The van der Waals surface area contributed by atoms with Crippen LogP contribution in [0.25, 0.3) is 0 Å². The van der Waals surface area contributed by atoms with Crippen molar-refractivity contribution in [2.75, 3.05) is 5.01 Å². The van der Waals surface area contributed by atoms with Gasteiger partial charge in [-0.1, -0.05) is 30.3 Å². The summed E-state index contributed by atoms with van der Waals surface area (Å²) in [4.78, 5) is 24.3. The molecule has 6 heteroatoms. The van der Waals surface area contributed by atoms with Crippen molar-refractivity contribution in [3.05, 3.63) is 59.1 Å². The third-order valence-corrected chi connectivity index (χ3v) is 3.96. The minimum Gasteiger partial charge on any atom is -0.421 e. The van der Waals surface area contributed by atoms with Gasteiger partial charge in [0.05, 0.1) is 10.2 Å². The third kappa shape index (κ3) is 3.48. The number of hydrogen-bond donors (Lipinski definition) is 0. The van der Waals surface area contributed by atoms with Crippen molar-refractivity contribution in [1.82, 2.24) is 0 Å². The topological polar surface area (TPSA) is 59.0 Å². The van der Waals surface area contributed by atoms with Crippen LogP contribution in [0.3, 0.4) is 0 Å². The van der Waals surface area contributed by atoms with Crippen LogP contribution in [0.5, 0.6) is 5.75 Å². The minimum absolute atomic E-state index is 0.145. The molecule has 0 N–H and O–H groups in total. The van der Waals surface area contributed by atoms with Crippen LogP contribution in [0.15, 0.2) is 64.2 Å². The molecule has 3 rings (SSSR count). The van der Waals surface area contributed by atoms with Gasteiger partial charge in [-0.2, -0.15) is 5.10 Å². The van der Waals surface area contributed by atoms with Crippen LogP contribution in [-0.4, -0.2) is 17.6 Å². The number of carbonyl (C=O) groups is 2. The molecule has 1 aliphatic rings. The molecular formula is C17H13BrN2O3. The summed E-state index contributed by atoms with van der Waals surface area (Å²) in [5.41, 5.74) is 0.854. The zero-order valence-electron chi connectivity index (χ0n) is 12.1. The summed E-state index contributed by atoms with van der Waals surface area (Å²) in [5.74, 6) is -0.276. The van der Waals surface area contributed by atoms with E-state index >= 15 is 0 Å². The number of benzene rings is 2. The lowest BCUT2D eigenvalue weighted by atomic mass is 10.1. The summed E-state index contributed by atoms with van der Waals surface area (Å²) in [6.07, 6.45) is 0.490. The Morgan fingerprint density at radius 2 is 1.74 bits per heavy atom. The number of hydrazone groups is 1. The van der Waals surface area contributed by atoms with Gasteiger partial charge in [-0.05, 0) is 40.2 Å². The Bertz CT molecular complexity index is 774. The summed E-state index contributed by atoms with van der Waals surface area (Å²) in [6, 6.07) is 16.1. The van der Waals surface area contributed by atoms with E-state index in [2.05, 4.69) is 21.0 Å². The molecule has 0 bridgehead atoms. The number of anilines is 1. The van der Waals surface area contributed by atoms with E-state index in [1.165, 1.54) is 5.01 Å². The Morgan fingerprint density at radius 3 is 2.48 bits per heavy atom. The predicted octanol–water partition coefficient (Wildman–Crippen LogP) is 3.54. The number of carbonyl (C=O) groups excluding carboxylic acids is 2. The number of ether oxygens (including phenoxy) is 1. The molecule has 23 heavy (non-hydrogen) atoms. The van der Waals surface area contributed by atoms with Gasteiger partial charge in [-0.3, -0.25) is 4.79 Å². The van der Waals surface area contributed by atoms with Crippen LogP contribution in [0.4, 0.5) is 5.69 Å². The monoisotopic (exact) mass is 372 g/mol. The molecular weight excluding hydrogens is 360 g/mol. The second kappa shape index (κ2) is 6.75. The highest BCUT2D eigenvalue weighted by Crippen LogP contribution is 2.25. The highest BCUT2D eigenvalue weighted by Gasteiger charge is 2.26. The van der Waals surface area contributed by atoms with Gasteiger partial charge in [0.15, 0.2) is 0 Å². The van der Waals surface area contributed by atoms with Gasteiger partial charge in [0, 0.05) is 12.8 Å². The van der Waals surface area contributed by atoms with Gasteiger partial charge < -0.3 is 4.74 Å². The average molecular weight is 373 g/mol. The molecule has 1 heterocycles. The van der Waals surface area contributed by atoms with E-state index < -0.39 is 5.97 Å².